The summed E-state index contributed by atoms with van der Waals surface area (Å²) in [4.78, 5) is 13.3. The number of aromatic nitrogens is 2. The smallest absolute Gasteiger partial charge is 0.410 e. The third-order valence-corrected chi connectivity index (χ3v) is 4.03. The van der Waals surface area contributed by atoms with Gasteiger partial charge in [0.25, 0.3) is 0 Å². The van der Waals surface area contributed by atoms with Crippen LogP contribution in [-0.2, 0) is 10.2 Å². The lowest BCUT2D eigenvalue weighted by atomic mass is 10.0. The molecule has 0 N–H and O–H groups in total. The maximum absolute atomic E-state index is 13.0. The minimum absolute atomic E-state index is 0.0210. The van der Waals surface area contributed by atoms with Gasteiger partial charge >= 0.3 is 12.3 Å². The van der Waals surface area contributed by atoms with E-state index in [-0.39, 0.29) is 30.5 Å². The molecule has 1 aliphatic carbocycles. The van der Waals surface area contributed by atoms with Crippen LogP contribution < -0.4 is 0 Å². The molecule has 1 saturated carbocycles. The van der Waals surface area contributed by atoms with Gasteiger partial charge in [0.15, 0.2) is 0 Å². The Bertz CT molecular complexity index is 611. The highest BCUT2D eigenvalue weighted by molar-refractivity contribution is 5.69. The Morgan fingerprint density at radius 1 is 1.26 bits per heavy atom. The predicted octanol–water partition coefficient (Wildman–Crippen LogP) is 3.00. The third-order valence-electron chi connectivity index (χ3n) is 4.03. The van der Waals surface area contributed by atoms with Crippen LogP contribution in [0.3, 0.4) is 0 Å². The lowest BCUT2D eigenvalue weighted by Crippen LogP contribution is -2.50. The molecule has 2 aliphatic rings. The van der Waals surface area contributed by atoms with E-state index in [9.17, 15) is 18.0 Å². The number of carbonyl (C=O) groups is 1. The summed E-state index contributed by atoms with van der Waals surface area (Å²) < 4.78 is 49.5. The predicted molar refractivity (Wildman–Crippen MR) is 71.8 cm³/mol. The number of amides is 1. The standard InChI is InChI=1S/C14H18F3N3O3/c1-12(2,3)23-11(21)20-6-8(7-20)9-18-19-10(22-9)13(4-5-13)14(15,16)17/h8H,4-7H2,1-3H3. The van der Waals surface area contributed by atoms with Crippen LogP contribution in [0.5, 0.6) is 0 Å². The molecule has 0 radical (unpaired) electrons. The van der Waals surface area contributed by atoms with Gasteiger partial charge < -0.3 is 14.1 Å². The quantitative estimate of drug-likeness (QED) is 0.832. The zero-order valence-corrected chi connectivity index (χ0v) is 13.1. The lowest BCUT2D eigenvalue weighted by molar-refractivity contribution is -0.165. The Balaban J connectivity index is 1.61. The SMILES string of the molecule is CC(C)(C)OC(=O)N1CC(c2nnc(C3(C(F)(F)F)CC3)o2)C1. The first-order valence-corrected chi connectivity index (χ1v) is 7.40. The van der Waals surface area contributed by atoms with Gasteiger partial charge in [-0.3, -0.25) is 0 Å². The number of carbonyl (C=O) groups excluding carboxylic acids is 1. The molecule has 1 aromatic heterocycles. The van der Waals surface area contributed by atoms with Gasteiger partial charge in [0.2, 0.25) is 11.8 Å². The van der Waals surface area contributed by atoms with E-state index in [0.29, 0.717) is 13.1 Å². The lowest BCUT2D eigenvalue weighted by Gasteiger charge is -2.37. The Morgan fingerprint density at radius 2 is 1.87 bits per heavy atom. The Hall–Kier alpha value is -1.80. The summed E-state index contributed by atoms with van der Waals surface area (Å²) in [6, 6.07) is 0. The molecule has 0 aromatic carbocycles. The molecule has 128 valence electrons. The zero-order chi connectivity index (χ0) is 17.0. The highest BCUT2D eigenvalue weighted by Crippen LogP contribution is 2.58. The van der Waals surface area contributed by atoms with Gasteiger partial charge in [0.05, 0.1) is 5.92 Å². The molecule has 6 nitrogen and oxygen atoms in total. The number of halogens is 3. The summed E-state index contributed by atoms with van der Waals surface area (Å²) in [6.07, 6.45) is -4.87. The van der Waals surface area contributed by atoms with Gasteiger partial charge in [-0.2, -0.15) is 13.2 Å². The van der Waals surface area contributed by atoms with Crippen LogP contribution in [0.15, 0.2) is 4.42 Å². The van der Waals surface area contributed by atoms with Crippen LogP contribution >= 0.6 is 0 Å². The highest BCUT2D eigenvalue weighted by Gasteiger charge is 2.68. The third kappa shape index (κ3) is 2.88. The first-order valence-electron chi connectivity index (χ1n) is 7.40. The van der Waals surface area contributed by atoms with E-state index in [1.165, 1.54) is 4.90 Å². The molecule has 1 saturated heterocycles. The van der Waals surface area contributed by atoms with E-state index in [1.54, 1.807) is 20.8 Å². The second-order valence-electron chi connectivity index (χ2n) is 7.11. The maximum Gasteiger partial charge on any atom is 0.410 e. The van der Waals surface area contributed by atoms with Crippen molar-refractivity contribution in [2.45, 2.75) is 56.7 Å². The van der Waals surface area contributed by atoms with E-state index >= 15 is 0 Å². The molecule has 2 fully saturated rings. The normalized spacial score (nSPS) is 21.0. The second kappa shape index (κ2) is 4.85. The summed E-state index contributed by atoms with van der Waals surface area (Å²) in [5.41, 5.74) is -2.56. The molecule has 0 spiro atoms. The molecule has 0 bridgehead atoms. The number of hydrogen-bond donors (Lipinski definition) is 0. The van der Waals surface area contributed by atoms with Crippen LogP contribution in [0.25, 0.3) is 0 Å². The summed E-state index contributed by atoms with van der Waals surface area (Å²) in [5, 5.41) is 7.31. The van der Waals surface area contributed by atoms with Gasteiger partial charge in [-0.05, 0) is 33.6 Å². The van der Waals surface area contributed by atoms with Gasteiger partial charge in [0, 0.05) is 13.1 Å². The molecule has 23 heavy (non-hydrogen) atoms. The Kier molecular flexibility index (Phi) is 3.39. The molecule has 0 unspecified atom stereocenters. The summed E-state index contributed by atoms with van der Waals surface area (Å²) >= 11 is 0. The summed E-state index contributed by atoms with van der Waals surface area (Å²) in [6.45, 7) is 5.89. The highest BCUT2D eigenvalue weighted by atomic mass is 19.4. The van der Waals surface area contributed by atoms with Crippen molar-refractivity contribution >= 4 is 6.09 Å². The first-order chi connectivity index (χ1) is 10.5. The van der Waals surface area contributed by atoms with E-state index in [2.05, 4.69) is 10.2 Å². The summed E-state index contributed by atoms with van der Waals surface area (Å²) in [5.74, 6) is -0.459. The minimum Gasteiger partial charge on any atom is -0.444 e. The van der Waals surface area contributed by atoms with E-state index in [4.69, 9.17) is 9.15 Å². The van der Waals surface area contributed by atoms with Crippen molar-refractivity contribution in [3.8, 4) is 0 Å². The maximum atomic E-state index is 13.0. The van der Waals surface area contributed by atoms with E-state index in [0.717, 1.165) is 0 Å². The van der Waals surface area contributed by atoms with Crippen molar-refractivity contribution in [1.82, 2.24) is 15.1 Å². The van der Waals surface area contributed by atoms with Crippen LogP contribution in [0.1, 0.15) is 51.3 Å². The molecular formula is C14H18F3N3O3. The molecule has 1 aliphatic heterocycles. The number of hydrogen-bond acceptors (Lipinski definition) is 5. The van der Waals surface area contributed by atoms with Gasteiger partial charge in [0.1, 0.15) is 11.0 Å². The average molecular weight is 333 g/mol. The molecule has 2 heterocycles. The molecule has 3 rings (SSSR count). The molecule has 1 amide bonds. The monoisotopic (exact) mass is 333 g/mol. The summed E-state index contributed by atoms with van der Waals surface area (Å²) in [7, 11) is 0. The number of rotatable bonds is 2. The second-order valence-corrected chi connectivity index (χ2v) is 7.11. The Morgan fingerprint density at radius 3 is 2.35 bits per heavy atom. The fraction of sp³-hybridized carbons (Fsp3) is 0.786. The van der Waals surface area contributed by atoms with E-state index in [1.807, 2.05) is 0 Å². The average Bonchev–Trinajstić information content (AvgIpc) is 3.00. The van der Waals surface area contributed by atoms with Crippen LogP contribution in [0.2, 0.25) is 0 Å². The van der Waals surface area contributed by atoms with Crippen LogP contribution in [0.4, 0.5) is 18.0 Å². The number of nitrogens with zero attached hydrogens (tertiary/aromatic N) is 3. The van der Waals surface area contributed by atoms with E-state index < -0.39 is 23.3 Å². The van der Waals surface area contributed by atoms with Gasteiger partial charge in [-0.1, -0.05) is 0 Å². The van der Waals surface area contributed by atoms with Crippen molar-refractivity contribution in [1.29, 1.82) is 0 Å². The largest absolute Gasteiger partial charge is 0.444 e. The number of ether oxygens (including phenoxy) is 1. The van der Waals surface area contributed by atoms with Crippen molar-refractivity contribution in [2.24, 2.45) is 0 Å². The van der Waals surface area contributed by atoms with Crippen LogP contribution in [0, 0.1) is 0 Å². The van der Waals surface area contributed by atoms with Crippen molar-refractivity contribution in [2.75, 3.05) is 13.1 Å². The number of likely N-dealkylation sites (tertiary alicyclic amines) is 1. The van der Waals surface area contributed by atoms with Crippen LogP contribution in [-0.4, -0.2) is 46.1 Å². The molecule has 1 aromatic rings. The Labute approximate surface area is 131 Å². The molecule has 0 atom stereocenters. The van der Waals surface area contributed by atoms with Gasteiger partial charge in [-0.25, -0.2) is 4.79 Å². The van der Waals surface area contributed by atoms with Gasteiger partial charge in [-0.15, -0.1) is 10.2 Å². The fourth-order valence-electron chi connectivity index (χ4n) is 2.45. The minimum atomic E-state index is -4.38. The number of alkyl halides is 3. The zero-order valence-electron chi connectivity index (χ0n) is 13.1. The first kappa shape index (κ1) is 16.1. The van der Waals surface area contributed by atoms with Crippen molar-refractivity contribution < 1.29 is 27.1 Å². The fourth-order valence-corrected chi connectivity index (χ4v) is 2.45. The van der Waals surface area contributed by atoms with Crippen molar-refractivity contribution in [3.63, 3.8) is 0 Å². The molecule has 9 heteroatoms. The van der Waals surface area contributed by atoms with Crippen molar-refractivity contribution in [3.05, 3.63) is 11.8 Å². The topological polar surface area (TPSA) is 68.5 Å². The molecular weight excluding hydrogens is 315 g/mol.